The number of aromatic nitrogens is 3. The smallest absolute Gasteiger partial charge is 0.241 e. The third kappa shape index (κ3) is 2.65. The first-order valence-corrected chi connectivity index (χ1v) is 7.90. The molecule has 7 heteroatoms. The minimum absolute atomic E-state index is 0.0852. The fraction of sp³-hybridized carbons (Fsp3) is 0.143. The van der Waals surface area contributed by atoms with Crippen molar-refractivity contribution >= 4 is 15.7 Å². The number of hydrogen-bond donors (Lipinski definition) is 1. The topological polar surface area (TPSA) is 76.4 Å². The van der Waals surface area contributed by atoms with Crippen LogP contribution in [0.5, 0.6) is 0 Å². The largest absolute Gasteiger partial charge is 0.285 e. The van der Waals surface area contributed by atoms with E-state index in [0.29, 0.717) is 17.0 Å². The second-order valence-corrected chi connectivity index (χ2v) is 6.37. The number of fused-ring (bicyclic) bond motifs is 1. The maximum absolute atomic E-state index is 12.3. The van der Waals surface area contributed by atoms with Gasteiger partial charge in [0, 0.05) is 6.20 Å². The number of hydrogen-bond acceptors (Lipinski definition) is 4. The van der Waals surface area contributed by atoms with Gasteiger partial charge in [-0.1, -0.05) is 24.3 Å². The minimum Gasteiger partial charge on any atom is -0.285 e. The predicted octanol–water partition coefficient (Wildman–Crippen LogP) is 1.52. The Morgan fingerprint density at radius 3 is 2.67 bits per heavy atom. The van der Waals surface area contributed by atoms with E-state index in [1.807, 2.05) is 18.2 Å². The molecule has 0 unspecified atom stereocenters. The molecular weight excluding hydrogens is 288 g/mol. The number of sulfonamides is 1. The normalized spacial score (nSPS) is 11.9. The third-order valence-electron chi connectivity index (χ3n) is 3.19. The Morgan fingerprint density at radius 2 is 1.86 bits per heavy atom. The summed E-state index contributed by atoms with van der Waals surface area (Å²) in [5.41, 5.74) is 1.39. The summed E-state index contributed by atoms with van der Waals surface area (Å²) in [4.78, 5) is 0.277. The first-order valence-electron chi connectivity index (χ1n) is 6.42. The highest BCUT2D eigenvalue weighted by Crippen LogP contribution is 2.14. The minimum atomic E-state index is -3.57. The number of nitrogens with zero attached hydrogens (tertiary/aromatic N) is 3. The fourth-order valence-electron chi connectivity index (χ4n) is 2.11. The third-order valence-corrected chi connectivity index (χ3v) is 4.75. The molecule has 0 bridgehead atoms. The number of nitrogens with one attached hydrogen (secondary N) is 1. The first-order chi connectivity index (χ1) is 10.1. The van der Waals surface area contributed by atoms with Crippen LogP contribution in [0.4, 0.5) is 0 Å². The summed E-state index contributed by atoms with van der Waals surface area (Å²) in [6, 6.07) is 12.4. The van der Waals surface area contributed by atoms with Crippen LogP contribution < -0.4 is 4.72 Å². The van der Waals surface area contributed by atoms with Gasteiger partial charge in [0.1, 0.15) is 0 Å². The van der Waals surface area contributed by atoms with Crippen LogP contribution in [0.3, 0.4) is 0 Å². The van der Waals surface area contributed by atoms with E-state index in [9.17, 15) is 8.42 Å². The number of rotatable bonds is 4. The molecule has 21 heavy (non-hydrogen) atoms. The lowest BCUT2D eigenvalue weighted by atomic mass is 10.2. The zero-order valence-corrected chi connectivity index (χ0v) is 12.2. The molecule has 0 aliphatic carbocycles. The standard InChI is InChI=1S/C14H14N4O2S/c1-11-6-2-3-7-12(11)21(19,20)15-10-14-17-16-13-8-4-5-9-18(13)14/h2-9,15H,10H2,1H3. The van der Waals surface area contributed by atoms with E-state index < -0.39 is 10.0 Å². The van der Waals surface area contributed by atoms with Crippen LogP contribution in [0.15, 0.2) is 53.6 Å². The quantitative estimate of drug-likeness (QED) is 0.792. The Morgan fingerprint density at radius 1 is 1.10 bits per heavy atom. The molecule has 0 aliphatic heterocycles. The molecule has 0 spiro atoms. The highest BCUT2D eigenvalue weighted by Gasteiger charge is 2.17. The van der Waals surface area contributed by atoms with Crippen LogP contribution in [0, 0.1) is 6.92 Å². The van der Waals surface area contributed by atoms with Crippen molar-refractivity contribution < 1.29 is 8.42 Å². The summed E-state index contributed by atoms with van der Waals surface area (Å²) in [5, 5.41) is 7.99. The van der Waals surface area contributed by atoms with Crippen molar-refractivity contribution in [3.63, 3.8) is 0 Å². The van der Waals surface area contributed by atoms with Crippen LogP contribution in [0.1, 0.15) is 11.4 Å². The van der Waals surface area contributed by atoms with Crippen molar-refractivity contribution in [2.24, 2.45) is 0 Å². The van der Waals surface area contributed by atoms with Gasteiger partial charge in [0.25, 0.3) is 0 Å². The van der Waals surface area contributed by atoms with Gasteiger partial charge in [-0.05, 0) is 30.7 Å². The van der Waals surface area contributed by atoms with E-state index in [1.54, 1.807) is 41.8 Å². The first kappa shape index (κ1) is 13.7. The molecule has 0 fully saturated rings. The molecule has 0 atom stereocenters. The van der Waals surface area contributed by atoms with Crippen LogP contribution in [0.2, 0.25) is 0 Å². The van der Waals surface area contributed by atoms with E-state index in [1.165, 1.54) is 0 Å². The van der Waals surface area contributed by atoms with Crippen molar-refractivity contribution in [2.75, 3.05) is 0 Å². The molecule has 3 aromatic rings. The van der Waals surface area contributed by atoms with Crippen molar-refractivity contribution in [2.45, 2.75) is 18.4 Å². The van der Waals surface area contributed by atoms with E-state index >= 15 is 0 Å². The van der Waals surface area contributed by atoms with Gasteiger partial charge in [0.15, 0.2) is 11.5 Å². The molecule has 2 aromatic heterocycles. The van der Waals surface area contributed by atoms with Crippen molar-refractivity contribution in [3.05, 3.63) is 60.0 Å². The average molecular weight is 302 g/mol. The molecule has 108 valence electrons. The molecule has 6 nitrogen and oxygen atoms in total. The Labute approximate surface area is 122 Å². The lowest BCUT2D eigenvalue weighted by Gasteiger charge is -2.08. The molecule has 0 saturated carbocycles. The Balaban J connectivity index is 1.86. The van der Waals surface area contributed by atoms with Crippen LogP contribution in [-0.4, -0.2) is 23.0 Å². The summed E-state index contributed by atoms with van der Waals surface area (Å²) in [5.74, 6) is 0.544. The molecule has 0 amide bonds. The predicted molar refractivity (Wildman–Crippen MR) is 78.2 cm³/mol. The number of aryl methyl sites for hydroxylation is 1. The van der Waals surface area contributed by atoms with Crippen LogP contribution in [-0.2, 0) is 16.6 Å². The zero-order chi connectivity index (χ0) is 14.9. The summed E-state index contributed by atoms with van der Waals surface area (Å²) in [6.07, 6.45) is 1.80. The highest BCUT2D eigenvalue weighted by atomic mass is 32.2. The van der Waals surface area contributed by atoms with Gasteiger partial charge in [-0.25, -0.2) is 13.1 Å². The van der Waals surface area contributed by atoms with Crippen molar-refractivity contribution in [1.29, 1.82) is 0 Å². The van der Waals surface area contributed by atoms with E-state index in [4.69, 9.17) is 0 Å². The molecule has 0 aliphatic rings. The Bertz CT molecular complexity index is 887. The van der Waals surface area contributed by atoms with Gasteiger partial charge in [0.05, 0.1) is 11.4 Å². The lowest BCUT2D eigenvalue weighted by molar-refractivity contribution is 0.578. The highest BCUT2D eigenvalue weighted by molar-refractivity contribution is 7.89. The summed E-state index contributed by atoms with van der Waals surface area (Å²) >= 11 is 0. The second kappa shape index (κ2) is 5.27. The molecule has 0 radical (unpaired) electrons. The van der Waals surface area contributed by atoms with E-state index in [2.05, 4.69) is 14.9 Å². The molecule has 0 saturated heterocycles. The van der Waals surface area contributed by atoms with Crippen LogP contribution in [0.25, 0.3) is 5.65 Å². The SMILES string of the molecule is Cc1ccccc1S(=O)(=O)NCc1nnc2ccccn12. The monoisotopic (exact) mass is 302 g/mol. The van der Waals surface area contributed by atoms with E-state index in [0.717, 1.165) is 0 Å². The molecular formula is C14H14N4O2S. The zero-order valence-electron chi connectivity index (χ0n) is 11.4. The van der Waals surface area contributed by atoms with Gasteiger partial charge < -0.3 is 0 Å². The van der Waals surface area contributed by atoms with Gasteiger partial charge in [-0.2, -0.15) is 0 Å². The maximum Gasteiger partial charge on any atom is 0.241 e. The Hall–Kier alpha value is -2.25. The maximum atomic E-state index is 12.3. The Kier molecular flexibility index (Phi) is 3.44. The van der Waals surface area contributed by atoms with Crippen molar-refractivity contribution in [1.82, 2.24) is 19.3 Å². The molecule has 1 aromatic carbocycles. The van der Waals surface area contributed by atoms with Gasteiger partial charge in [0.2, 0.25) is 10.0 Å². The second-order valence-electron chi connectivity index (χ2n) is 4.64. The molecule has 2 heterocycles. The van der Waals surface area contributed by atoms with Gasteiger partial charge in [-0.15, -0.1) is 10.2 Å². The fourth-order valence-corrected chi connectivity index (χ4v) is 3.33. The number of benzene rings is 1. The van der Waals surface area contributed by atoms with Gasteiger partial charge >= 0.3 is 0 Å². The van der Waals surface area contributed by atoms with Gasteiger partial charge in [-0.3, -0.25) is 4.40 Å². The van der Waals surface area contributed by atoms with Crippen LogP contribution >= 0.6 is 0 Å². The lowest BCUT2D eigenvalue weighted by Crippen LogP contribution is -2.25. The molecule has 1 N–H and O–H groups in total. The van der Waals surface area contributed by atoms with E-state index in [-0.39, 0.29) is 11.4 Å². The summed E-state index contributed by atoms with van der Waals surface area (Å²) in [7, 11) is -3.57. The molecule has 3 rings (SSSR count). The summed E-state index contributed by atoms with van der Waals surface area (Å²) < 4.78 is 28.9. The summed E-state index contributed by atoms with van der Waals surface area (Å²) in [6.45, 7) is 1.85. The average Bonchev–Trinajstić information content (AvgIpc) is 2.89. The van der Waals surface area contributed by atoms with Crippen molar-refractivity contribution in [3.8, 4) is 0 Å². The number of pyridine rings is 1.